The Morgan fingerprint density at radius 3 is 2.83 bits per heavy atom. The van der Waals surface area contributed by atoms with Crippen LogP contribution in [-0.2, 0) is 4.79 Å². The molecule has 98 valence electrons. The Balaban J connectivity index is 2.13. The Morgan fingerprint density at radius 1 is 1.56 bits per heavy atom. The van der Waals surface area contributed by atoms with E-state index in [9.17, 15) is 4.79 Å². The van der Waals surface area contributed by atoms with Crippen LogP contribution in [0.15, 0.2) is 18.3 Å². The molecule has 1 aliphatic heterocycles. The topological polar surface area (TPSA) is 54.0 Å². The first-order valence-electron chi connectivity index (χ1n) is 6.18. The van der Waals surface area contributed by atoms with Gasteiger partial charge in [-0.2, -0.15) is 0 Å². The lowest BCUT2D eigenvalue weighted by molar-refractivity contribution is -0.126. The van der Waals surface area contributed by atoms with Gasteiger partial charge < -0.3 is 10.6 Å². The minimum absolute atomic E-state index is 0.0617. The van der Waals surface area contributed by atoms with Crippen molar-refractivity contribution in [2.24, 2.45) is 11.3 Å². The summed E-state index contributed by atoms with van der Waals surface area (Å²) in [4.78, 5) is 16.4. The van der Waals surface area contributed by atoms with Gasteiger partial charge in [0.05, 0.1) is 17.3 Å². The summed E-state index contributed by atoms with van der Waals surface area (Å²) in [7, 11) is 0. The molecule has 0 spiro atoms. The van der Waals surface area contributed by atoms with Gasteiger partial charge in [0.2, 0.25) is 5.91 Å². The van der Waals surface area contributed by atoms with Gasteiger partial charge in [-0.3, -0.25) is 4.79 Å². The first-order valence-corrected chi connectivity index (χ1v) is 6.56. The van der Waals surface area contributed by atoms with E-state index >= 15 is 0 Å². The first-order chi connectivity index (χ1) is 8.54. The Labute approximate surface area is 112 Å². The second kappa shape index (κ2) is 5.24. The smallest absolute Gasteiger partial charge is 0.232 e. The molecule has 2 rings (SSSR count). The minimum Gasteiger partial charge on any atom is -0.324 e. The predicted octanol–water partition coefficient (Wildman–Crippen LogP) is 2.31. The second-order valence-corrected chi connectivity index (χ2v) is 5.45. The summed E-state index contributed by atoms with van der Waals surface area (Å²) in [6, 6.07) is 3.44. The van der Waals surface area contributed by atoms with Crippen molar-refractivity contribution in [3.05, 3.63) is 23.5 Å². The van der Waals surface area contributed by atoms with Gasteiger partial charge in [0.25, 0.3) is 0 Å². The van der Waals surface area contributed by atoms with Crippen LogP contribution in [0.2, 0.25) is 5.15 Å². The minimum atomic E-state index is -0.320. The molecule has 1 amide bonds. The van der Waals surface area contributed by atoms with E-state index in [4.69, 9.17) is 11.6 Å². The number of carbonyl (C=O) groups is 1. The van der Waals surface area contributed by atoms with E-state index in [-0.39, 0.29) is 11.3 Å². The highest BCUT2D eigenvalue weighted by Gasteiger charge is 2.43. The number of halogens is 1. The van der Waals surface area contributed by atoms with Crippen LogP contribution in [0.25, 0.3) is 0 Å². The van der Waals surface area contributed by atoms with Gasteiger partial charge in [-0.15, -0.1) is 0 Å². The Morgan fingerprint density at radius 2 is 2.33 bits per heavy atom. The molecule has 5 heteroatoms. The van der Waals surface area contributed by atoms with Crippen LogP contribution >= 0.6 is 11.6 Å². The third-order valence-corrected chi connectivity index (χ3v) is 3.95. The molecule has 4 nitrogen and oxygen atoms in total. The van der Waals surface area contributed by atoms with E-state index in [0.717, 1.165) is 19.5 Å². The molecule has 0 saturated carbocycles. The summed E-state index contributed by atoms with van der Waals surface area (Å²) in [5.41, 5.74) is 0.371. The number of aromatic nitrogens is 1. The molecule has 1 aromatic heterocycles. The Bertz CT molecular complexity index is 424. The lowest BCUT2D eigenvalue weighted by Crippen LogP contribution is -2.42. The van der Waals surface area contributed by atoms with E-state index in [2.05, 4.69) is 29.5 Å². The Hall–Kier alpha value is -1.13. The summed E-state index contributed by atoms with van der Waals surface area (Å²) in [5.74, 6) is 0.361. The van der Waals surface area contributed by atoms with Crippen molar-refractivity contribution in [3.8, 4) is 0 Å². The Kier molecular flexibility index (Phi) is 3.88. The fourth-order valence-corrected chi connectivity index (χ4v) is 2.48. The van der Waals surface area contributed by atoms with Crippen molar-refractivity contribution in [2.45, 2.75) is 20.3 Å². The maximum Gasteiger partial charge on any atom is 0.232 e. The van der Waals surface area contributed by atoms with Gasteiger partial charge in [-0.05, 0) is 31.0 Å². The van der Waals surface area contributed by atoms with E-state index < -0.39 is 0 Å². The molecule has 18 heavy (non-hydrogen) atoms. The average molecular weight is 268 g/mol. The standard InChI is InChI=1S/C13H18ClN3O/c1-9(2)13(5-6-15-8-13)12(18)17-10-3-4-11(14)16-7-10/h3-4,7,9,15H,5-6,8H2,1-2H3,(H,17,18). The quantitative estimate of drug-likeness (QED) is 0.827. The zero-order valence-electron chi connectivity index (χ0n) is 10.7. The molecular formula is C13H18ClN3O. The second-order valence-electron chi connectivity index (χ2n) is 5.06. The molecule has 0 aliphatic carbocycles. The number of carbonyl (C=O) groups excluding carboxylic acids is 1. The molecule has 0 aromatic carbocycles. The monoisotopic (exact) mass is 267 g/mol. The van der Waals surface area contributed by atoms with Crippen molar-refractivity contribution in [3.63, 3.8) is 0 Å². The molecular weight excluding hydrogens is 250 g/mol. The lowest BCUT2D eigenvalue weighted by Gasteiger charge is -2.31. The van der Waals surface area contributed by atoms with Crippen molar-refractivity contribution < 1.29 is 4.79 Å². The van der Waals surface area contributed by atoms with Crippen LogP contribution in [0.1, 0.15) is 20.3 Å². The van der Waals surface area contributed by atoms with Crippen molar-refractivity contribution >= 4 is 23.2 Å². The molecule has 1 fully saturated rings. The number of nitrogens with one attached hydrogen (secondary N) is 2. The van der Waals surface area contributed by atoms with Crippen molar-refractivity contribution in [1.82, 2.24) is 10.3 Å². The van der Waals surface area contributed by atoms with E-state index in [1.807, 2.05) is 0 Å². The highest BCUT2D eigenvalue weighted by molar-refractivity contribution is 6.29. The van der Waals surface area contributed by atoms with Crippen molar-refractivity contribution in [1.29, 1.82) is 0 Å². The zero-order chi connectivity index (χ0) is 13.2. The average Bonchev–Trinajstić information content (AvgIpc) is 2.82. The third-order valence-electron chi connectivity index (χ3n) is 3.73. The summed E-state index contributed by atoms with van der Waals surface area (Å²) in [6.07, 6.45) is 2.45. The molecule has 1 aliphatic rings. The lowest BCUT2D eigenvalue weighted by atomic mass is 9.75. The van der Waals surface area contributed by atoms with Gasteiger partial charge in [0, 0.05) is 6.54 Å². The normalized spacial score (nSPS) is 23.3. The van der Waals surface area contributed by atoms with Crippen LogP contribution in [0.5, 0.6) is 0 Å². The number of nitrogens with zero attached hydrogens (tertiary/aromatic N) is 1. The van der Waals surface area contributed by atoms with Crippen LogP contribution in [0, 0.1) is 11.3 Å². The predicted molar refractivity (Wildman–Crippen MR) is 72.6 cm³/mol. The largest absolute Gasteiger partial charge is 0.324 e. The van der Waals surface area contributed by atoms with Crippen LogP contribution < -0.4 is 10.6 Å². The third kappa shape index (κ3) is 2.49. The van der Waals surface area contributed by atoms with Gasteiger partial charge in [-0.25, -0.2) is 4.98 Å². The van der Waals surface area contributed by atoms with Gasteiger partial charge in [-0.1, -0.05) is 25.4 Å². The van der Waals surface area contributed by atoms with E-state index in [0.29, 0.717) is 16.8 Å². The number of hydrogen-bond donors (Lipinski definition) is 2. The molecule has 1 aromatic rings. The van der Waals surface area contributed by atoms with Gasteiger partial charge >= 0.3 is 0 Å². The van der Waals surface area contributed by atoms with E-state index in [1.54, 1.807) is 18.3 Å². The number of amides is 1. The summed E-state index contributed by atoms with van der Waals surface area (Å²) < 4.78 is 0. The maximum absolute atomic E-state index is 12.5. The van der Waals surface area contributed by atoms with Crippen LogP contribution in [0.4, 0.5) is 5.69 Å². The fourth-order valence-electron chi connectivity index (χ4n) is 2.37. The highest BCUT2D eigenvalue weighted by Crippen LogP contribution is 2.35. The number of anilines is 1. The molecule has 1 atom stereocenters. The molecule has 0 bridgehead atoms. The molecule has 2 N–H and O–H groups in total. The van der Waals surface area contributed by atoms with Crippen LogP contribution in [0.3, 0.4) is 0 Å². The van der Waals surface area contributed by atoms with Crippen LogP contribution in [-0.4, -0.2) is 24.0 Å². The molecule has 0 radical (unpaired) electrons. The fraction of sp³-hybridized carbons (Fsp3) is 0.538. The summed E-state index contributed by atoms with van der Waals surface area (Å²) in [5, 5.41) is 6.63. The SMILES string of the molecule is CC(C)C1(C(=O)Nc2ccc(Cl)nc2)CCNC1. The number of pyridine rings is 1. The summed E-state index contributed by atoms with van der Waals surface area (Å²) >= 11 is 5.72. The summed E-state index contributed by atoms with van der Waals surface area (Å²) in [6.45, 7) is 5.81. The van der Waals surface area contributed by atoms with E-state index in [1.165, 1.54) is 0 Å². The van der Waals surface area contributed by atoms with Gasteiger partial charge in [0.1, 0.15) is 5.15 Å². The first kappa shape index (κ1) is 13.3. The van der Waals surface area contributed by atoms with Crippen molar-refractivity contribution in [2.75, 3.05) is 18.4 Å². The molecule has 1 unspecified atom stereocenters. The number of rotatable bonds is 3. The van der Waals surface area contributed by atoms with Gasteiger partial charge in [0.15, 0.2) is 0 Å². The molecule has 1 saturated heterocycles. The highest BCUT2D eigenvalue weighted by atomic mass is 35.5. The molecule has 2 heterocycles. The number of hydrogen-bond acceptors (Lipinski definition) is 3. The maximum atomic E-state index is 12.5. The zero-order valence-corrected chi connectivity index (χ0v) is 11.4.